The molecule has 2 aliphatic rings. The molecule has 1 aromatic rings. The van der Waals surface area contributed by atoms with E-state index in [1.165, 1.54) is 12.1 Å². The molecule has 140 valence electrons. The summed E-state index contributed by atoms with van der Waals surface area (Å²) in [5.74, 6) is -3.44. The first-order chi connectivity index (χ1) is 12.3. The van der Waals surface area contributed by atoms with Gasteiger partial charge in [-0.15, -0.1) is 0 Å². The van der Waals surface area contributed by atoms with Crippen molar-refractivity contribution in [2.45, 2.75) is 44.8 Å². The van der Waals surface area contributed by atoms with Crippen LogP contribution in [0.3, 0.4) is 0 Å². The average molecular weight is 366 g/mol. The number of hydrogen-bond donors (Lipinski definition) is 1. The lowest BCUT2D eigenvalue weighted by molar-refractivity contribution is -0.149. The van der Waals surface area contributed by atoms with Crippen LogP contribution in [0.15, 0.2) is 18.2 Å². The zero-order chi connectivity index (χ0) is 18.9. The number of ether oxygens (including phenoxy) is 1. The third kappa shape index (κ3) is 3.15. The molecule has 3 amide bonds. The Balaban J connectivity index is 1.63. The first kappa shape index (κ1) is 18.3. The van der Waals surface area contributed by atoms with E-state index in [-0.39, 0.29) is 11.5 Å². The number of carbonyl (C=O) groups is 3. The van der Waals surface area contributed by atoms with Crippen molar-refractivity contribution in [3.63, 3.8) is 0 Å². The molecule has 0 bridgehead atoms. The van der Waals surface area contributed by atoms with E-state index < -0.39 is 48.2 Å². The SMILES string of the molecule is CC1CCCCC12NC(=O)N(CC(=O)OCc1cccc(F)c1F)C2=O. The van der Waals surface area contributed by atoms with Gasteiger partial charge in [-0.25, -0.2) is 13.6 Å². The molecule has 26 heavy (non-hydrogen) atoms. The van der Waals surface area contributed by atoms with Gasteiger partial charge in [0, 0.05) is 5.56 Å². The van der Waals surface area contributed by atoms with Gasteiger partial charge < -0.3 is 10.1 Å². The molecule has 1 spiro atoms. The Morgan fingerprint density at radius 2 is 2.12 bits per heavy atom. The number of benzene rings is 1. The summed E-state index contributed by atoms with van der Waals surface area (Å²) in [7, 11) is 0. The summed E-state index contributed by atoms with van der Waals surface area (Å²) in [6.45, 7) is 0.871. The lowest BCUT2D eigenvalue weighted by atomic mass is 9.73. The van der Waals surface area contributed by atoms with Crippen molar-refractivity contribution in [2.75, 3.05) is 6.54 Å². The van der Waals surface area contributed by atoms with Gasteiger partial charge in [0.25, 0.3) is 5.91 Å². The molecule has 0 aromatic heterocycles. The Labute approximate surface area is 149 Å². The molecule has 1 N–H and O–H groups in total. The molecule has 0 radical (unpaired) electrons. The summed E-state index contributed by atoms with van der Waals surface area (Å²) in [5.41, 5.74) is -1.07. The predicted octanol–water partition coefficient (Wildman–Crippen LogP) is 2.51. The van der Waals surface area contributed by atoms with E-state index in [4.69, 9.17) is 4.74 Å². The predicted molar refractivity (Wildman–Crippen MR) is 86.8 cm³/mol. The highest BCUT2D eigenvalue weighted by molar-refractivity contribution is 6.08. The fraction of sp³-hybridized carbons (Fsp3) is 0.500. The van der Waals surface area contributed by atoms with Crippen molar-refractivity contribution < 1.29 is 27.9 Å². The van der Waals surface area contributed by atoms with Gasteiger partial charge in [0.15, 0.2) is 11.6 Å². The van der Waals surface area contributed by atoms with Crippen LogP contribution < -0.4 is 5.32 Å². The van der Waals surface area contributed by atoms with Crippen LogP contribution in [0.2, 0.25) is 0 Å². The maximum atomic E-state index is 13.6. The van der Waals surface area contributed by atoms with Crippen molar-refractivity contribution in [3.05, 3.63) is 35.4 Å². The number of imide groups is 1. The number of esters is 1. The molecular formula is C18H20F2N2O4. The van der Waals surface area contributed by atoms with E-state index in [0.717, 1.165) is 30.2 Å². The van der Waals surface area contributed by atoms with Gasteiger partial charge in [-0.1, -0.05) is 31.9 Å². The van der Waals surface area contributed by atoms with E-state index in [2.05, 4.69) is 5.32 Å². The summed E-state index contributed by atoms with van der Waals surface area (Å²) >= 11 is 0. The van der Waals surface area contributed by atoms with Crippen LogP contribution in [-0.4, -0.2) is 34.9 Å². The summed E-state index contributed by atoms with van der Waals surface area (Å²) in [6, 6.07) is 2.92. The Morgan fingerprint density at radius 3 is 2.85 bits per heavy atom. The van der Waals surface area contributed by atoms with Gasteiger partial charge in [0.2, 0.25) is 0 Å². The number of urea groups is 1. The third-order valence-corrected chi connectivity index (χ3v) is 5.21. The number of halogens is 2. The lowest BCUT2D eigenvalue weighted by Crippen LogP contribution is -2.54. The maximum absolute atomic E-state index is 13.6. The minimum Gasteiger partial charge on any atom is -0.459 e. The molecule has 6 nitrogen and oxygen atoms in total. The quantitative estimate of drug-likeness (QED) is 0.656. The third-order valence-electron chi connectivity index (χ3n) is 5.21. The maximum Gasteiger partial charge on any atom is 0.326 e. The monoisotopic (exact) mass is 366 g/mol. The molecule has 2 unspecified atom stereocenters. The highest BCUT2D eigenvalue weighted by Crippen LogP contribution is 2.38. The van der Waals surface area contributed by atoms with Crippen molar-refractivity contribution in [2.24, 2.45) is 5.92 Å². The second-order valence-electron chi connectivity index (χ2n) is 6.81. The molecule has 2 atom stereocenters. The van der Waals surface area contributed by atoms with Gasteiger partial charge in [0.05, 0.1) is 0 Å². The Bertz CT molecular complexity index is 755. The lowest BCUT2D eigenvalue weighted by Gasteiger charge is -2.36. The molecule has 1 heterocycles. The first-order valence-corrected chi connectivity index (χ1v) is 8.58. The van der Waals surface area contributed by atoms with Gasteiger partial charge in [-0.05, 0) is 24.8 Å². The number of nitrogens with one attached hydrogen (secondary N) is 1. The smallest absolute Gasteiger partial charge is 0.326 e. The highest BCUT2D eigenvalue weighted by atomic mass is 19.2. The van der Waals surface area contributed by atoms with E-state index in [1.54, 1.807) is 0 Å². The van der Waals surface area contributed by atoms with Gasteiger partial charge in [-0.2, -0.15) is 0 Å². The summed E-state index contributed by atoms with van der Waals surface area (Å²) < 4.78 is 31.6. The van der Waals surface area contributed by atoms with Crippen molar-refractivity contribution >= 4 is 17.9 Å². The van der Waals surface area contributed by atoms with Crippen molar-refractivity contribution in [3.8, 4) is 0 Å². The Morgan fingerprint density at radius 1 is 1.35 bits per heavy atom. The van der Waals surface area contributed by atoms with Crippen LogP contribution in [-0.2, 0) is 20.9 Å². The fourth-order valence-corrected chi connectivity index (χ4v) is 3.63. The molecule has 8 heteroatoms. The summed E-state index contributed by atoms with van der Waals surface area (Å²) in [6.07, 6.45) is 3.18. The van der Waals surface area contributed by atoms with Crippen LogP contribution in [0.1, 0.15) is 38.2 Å². The molecule has 1 aromatic carbocycles. The number of amides is 3. The number of hydrogen-bond acceptors (Lipinski definition) is 4. The van der Waals surface area contributed by atoms with Crippen LogP contribution in [0.5, 0.6) is 0 Å². The summed E-state index contributed by atoms with van der Waals surface area (Å²) in [4.78, 5) is 37.8. The van der Waals surface area contributed by atoms with E-state index in [1.807, 2.05) is 6.92 Å². The highest BCUT2D eigenvalue weighted by Gasteiger charge is 2.55. The minimum absolute atomic E-state index is 0.0184. The van der Waals surface area contributed by atoms with E-state index in [9.17, 15) is 23.2 Å². The van der Waals surface area contributed by atoms with Gasteiger partial charge in [-0.3, -0.25) is 14.5 Å². The molecular weight excluding hydrogens is 346 g/mol. The van der Waals surface area contributed by atoms with E-state index >= 15 is 0 Å². The van der Waals surface area contributed by atoms with Gasteiger partial charge >= 0.3 is 12.0 Å². The molecule has 1 saturated carbocycles. The fourth-order valence-electron chi connectivity index (χ4n) is 3.63. The van der Waals surface area contributed by atoms with E-state index in [0.29, 0.717) is 6.42 Å². The molecule has 1 aliphatic carbocycles. The van der Waals surface area contributed by atoms with Crippen molar-refractivity contribution in [1.29, 1.82) is 0 Å². The normalized spacial score (nSPS) is 25.5. The Hall–Kier alpha value is -2.51. The topological polar surface area (TPSA) is 75.7 Å². The second kappa shape index (κ2) is 7.01. The zero-order valence-corrected chi connectivity index (χ0v) is 14.4. The minimum atomic E-state index is -1.09. The zero-order valence-electron chi connectivity index (χ0n) is 14.4. The second-order valence-corrected chi connectivity index (χ2v) is 6.81. The van der Waals surface area contributed by atoms with Crippen molar-refractivity contribution in [1.82, 2.24) is 10.2 Å². The standard InChI is InChI=1S/C18H20F2N2O4/c1-11-5-2-3-8-18(11)16(24)22(17(25)21-18)9-14(23)26-10-12-6-4-7-13(19)15(12)20/h4,6-7,11H,2-3,5,8-10H2,1H3,(H,21,25). The molecule has 1 aliphatic heterocycles. The first-order valence-electron chi connectivity index (χ1n) is 8.58. The molecule has 1 saturated heterocycles. The van der Waals surface area contributed by atoms with Crippen LogP contribution >= 0.6 is 0 Å². The number of carbonyl (C=O) groups excluding carboxylic acids is 3. The molecule has 2 fully saturated rings. The number of nitrogens with zero attached hydrogens (tertiary/aromatic N) is 1. The average Bonchev–Trinajstić information content (AvgIpc) is 2.84. The van der Waals surface area contributed by atoms with Crippen LogP contribution in [0.25, 0.3) is 0 Å². The summed E-state index contributed by atoms with van der Waals surface area (Å²) in [5, 5.41) is 2.73. The van der Waals surface area contributed by atoms with Crippen LogP contribution in [0, 0.1) is 17.6 Å². The largest absolute Gasteiger partial charge is 0.459 e. The number of rotatable bonds is 4. The van der Waals surface area contributed by atoms with Gasteiger partial charge in [0.1, 0.15) is 18.7 Å². The molecule has 3 rings (SSSR count). The Kier molecular flexibility index (Phi) is 4.93. The van der Waals surface area contributed by atoms with Crippen LogP contribution in [0.4, 0.5) is 13.6 Å².